The van der Waals surface area contributed by atoms with E-state index in [1.54, 1.807) is 26.3 Å². The van der Waals surface area contributed by atoms with E-state index in [4.69, 9.17) is 46.7 Å². The summed E-state index contributed by atoms with van der Waals surface area (Å²) in [5, 5.41) is 55.5. The second kappa shape index (κ2) is 25.2. The fourth-order valence-corrected chi connectivity index (χ4v) is 5.61. The Morgan fingerprint density at radius 2 is 1.19 bits per heavy atom. The summed E-state index contributed by atoms with van der Waals surface area (Å²) >= 11 is 0. The van der Waals surface area contributed by atoms with E-state index >= 15 is 0 Å². The Morgan fingerprint density at radius 3 is 1.66 bits per heavy atom. The van der Waals surface area contributed by atoms with E-state index in [2.05, 4.69) is 15.0 Å². The molecule has 53 heavy (non-hydrogen) atoms. The number of hydrogen-bond donors (Lipinski definition) is 9. The number of urea groups is 3. The van der Waals surface area contributed by atoms with Gasteiger partial charge in [-0.25, -0.2) is 30.9 Å². The first-order chi connectivity index (χ1) is 23.3. The van der Waals surface area contributed by atoms with E-state index in [9.17, 15) is 29.7 Å². The molecule has 12 N–H and O–H groups in total. The van der Waals surface area contributed by atoms with Gasteiger partial charge in [0.1, 0.15) is 37.0 Å². The van der Waals surface area contributed by atoms with Gasteiger partial charge in [0.05, 0.1) is 44.0 Å². The van der Waals surface area contributed by atoms with Crippen molar-refractivity contribution in [3.8, 4) is 0 Å². The summed E-state index contributed by atoms with van der Waals surface area (Å²) in [6.07, 6.45) is -1.65. The third kappa shape index (κ3) is 14.4. The zero-order valence-corrected chi connectivity index (χ0v) is 40.3. The molecule has 9 unspecified atom stereocenters. The number of aliphatic hydroxyl groups is 6. The molecule has 288 valence electrons. The van der Waals surface area contributed by atoms with Crippen molar-refractivity contribution >= 4 is 35.6 Å². The van der Waals surface area contributed by atoms with Crippen LogP contribution in [0.5, 0.6) is 0 Å². The second-order valence-electron chi connectivity index (χ2n) is 11.7. The number of aliphatic hydroxyl groups excluding tert-OH is 6. The summed E-state index contributed by atoms with van der Waals surface area (Å²) in [5.74, 6) is 0.609. The predicted molar refractivity (Wildman–Crippen MR) is 167 cm³/mol. The van der Waals surface area contributed by atoms with Gasteiger partial charge in [-0.05, 0) is 5.84 Å². The molecule has 9 atom stereocenters. The van der Waals surface area contributed by atoms with Crippen LogP contribution in [0.25, 0.3) is 0 Å². The Kier molecular flexibility index (Phi) is 25.5. The third-order valence-electron chi connectivity index (χ3n) is 8.19. The van der Waals surface area contributed by atoms with E-state index in [0.29, 0.717) is 19.0 Å². The van der Waals surface area contributed by atoms with Crippen molar-refractivity contribution in [1.82, 2.24) is 14.7 Å². The number of amides is 6. The average molecular weight is 1050 g/mol. The SMILES string of the molecule is C[C-]1[CH-]C(N)=NC(=O)N1C1CC(O)C(CO)O1.NC1=NC(=O)N(C2CC(O)C(CO)O2)C[CH-]1.NC1=NC(=O)N(C2CC(O)C(CO)O2)[CH-]C1.[Y].[Y].[Y].[Y]. The van der Waals surface area contributed by atoms with Crippen LogP contribution >= 0.6 is 0 Å². The molecule has 3 fully saturated rings. The monoisotopic (exact) mass is 1050 g/mol. The van der Waals surface area contributed by atoms with E-state index in [-0.39, 0.29) is 187 Å². The largest absolute Gasteiger partial charge is 0.474 e. The molecule has 0 aromatic rings. The van der Waals surface area contributed by atoms with Gasteiger partial charge in [-0.2, -0.15) is 11.9 Å². The van der Waals surface area contributed by atoms with Crippen LogP contribution in [0.15, 0.2) is 15.0 Å². The normalized spacial score (nSPS) is 32.4. The standard InChI is InChI=1S/C10H15N3O4.2C9H14N3O4.4Y/c1-5-2-8(11)12-10(16)13(5)9-3-6(15)7(4-14)17-9;2*10-7-1-2-12(9(15)11-7)8-3-5(14)6(4-13)16-8;;;;/h2,6-7,9,14-15H,3-4H2,1H3,(H2,11,12,16);2,5-6,8,13-14H,1,3-4H2,(H2,10,11,15);1,5-6,8,13-14H,2-4H2,(H2,10,11,15);;;;/q-2;2*-1;;;;. The number of carbonyl (C=O) groups is 3. The van der Waals surface area contributed by atoms with Gasteiger partial charge in [0, 0.05) is 150 Å². The predicted octanol–water partition coefficient (Wildman–Crippen LogP) is -3.76. The molecule has 6 aliphatic rings. The molecule has 0 aromatic carbocycles. The van der Waals surface area contributed by atoms with Crippen LogP contribution in [-0.2, 0) is 145 Å². The van der Waals surface area contributed by atoms with Crippen LogP contribution in [0.2, 0.25) is 0 Å². The molecule has 0 spiro atoms. The number of nitrogens with two attached hydrogens (primary N) is 3. The van der Waals surface area contributed by atoms with Crippen LogP contribution in [0, 0.1) is 25.4 Å². The summed E-state index contributed by atoms with van der Waals surface area (Å²) in [4.78, 5) is 49.5. The molecule has 3 saturated heterocycles. The Morgan fingerprint density at radius 1 is 0.717 bits per heavy atom. The summed E-state index contributed by atoms with van der Waals surface area (Å²) in [6.45, 7) is 2.78. The van der Waals surface area contributed by atoms with Crippen molar-refractivity contribution < 1.29 is 190 Å². The molecule has 6 heterocycles. The average Bonchev–Trinajstić information content (AvgIpc) is 3.72. The fraction of sp³-hybridized carbons (Fsp3) is 0.643. The van der Waals surface area contributed by atoms with Gasteiger partial charge >= 0.3 is 18.1 Å². The van der Waals surface area contributed by atoms with E-state index in [1.165, 1.54) is 14.7 Å². The minimum Gasteiger partial charge on any atom is -0.474 e. The van der Waals surface area contributed by atoms with Crippen molar-refractivity contribution in [2.45, 2.75) is 87.9 Å². The van der Waals surface area contributed by atoms with E-state index in [1.807, 2.05) is 0 Å². The quantitative estimate of drug-likeness (QED) is 0.116. The van der Waals surface area contributed by atoms with Crippen LogP contribution in [0.3, 0.4) is 0 Å². The van der Waals surface area contributed by atoms with Crippen molar-refractivity contribution in [3.63, 3.8) is 0 Å². The van der Waals surface area contributed by atoms with Crippen LogP contribution < -0.4 is 17.2 Å². The fourth-order valence-electron chi connectivity index (χ4n) is 5.61. The van der Waals surface area contributed by atoms with Crippen LogP contribution in [0.1, 0.15) is 32.6 Å². The summed E-state index contributed by atoms with van der Waals surface area (Å²) in [5.41, 5.74) is 16.2. The number of hydrogen-bond acceptors (Lipinski definition) is 15. The molecule has 0 aliphatic carbocycles. The van der Waals surface area contributed by atoms with Gasteiger partial charge in [-0.15, -0.1) is 6.42 Å². The maximum Gasteiger partial charge on any atom is 0.342 e. The number of carbonyl (C=O) groups excluding carboxylic acids is 3. The number of rotatable bonds is 6. The Hall–Kier alpha value is 0.616. The smallest absolute Gasteiger partial charge is 0.342 e. The zero-order chi connectivity index (χ0) is 36.0. The zero-order valence-electron chi connectivity index (χ0n) is 28.9. The second-order valence-corrected chi connectivity index (χ2v) is 11.7. The first-order valence-electron chi connectivity index (χ1n) is 15.4. The van der Waals surface area contributed by atoms with Gasteiger partial charge in [-0.1, -0.05) is 12.4 Å². The number of ether oxygens (including phenoxy) is 3. The first-order valence-corrected chi connectivity index (χ1v) is 15.4. The van der Waals surface area contributed by atoms with Gasteiger partial charge in [-0.3, -0.25) is 0 Å². The number of amidine groups is 3. The molecule has 0 saturated carbocycles. The summed E-state index contributed by atoms with van der Waals surface area (Å²) < 4.78 is 16.1. The number of nitrogens with zero attached hydrogens (tertiary/aromatic N) is 6. The van der Waals surface area contributed by atoms with Gasteiger partial charge in [0.15, 0.2) is 0 Å². The molecule has 6 rings (SSSR count). The molecule has 0 aromatic heterocycles. The minimum absolute atomic E-state index is 0. The molecule has 25 heteroatoms. The van der Waals surface area contributed by atoms with Gasteiger partial charge < -0.3 is 95.6 Å². The van der Waals surface area contributed by atoms with Gasteiger partial charge in [0.2, 0.25) is 0 Å². The Bertz CT molecular complexity index is 1250. The van der Waals surface area contributed by atoms with Crippen molar-refractivity contribution in [3.05, 3.63) is 25.4 Å². The number of aliphatic imine (C=N–C) groups is 3. The van der Waals surface area contributed by atoms with Gasteiger partial charge in [0.25, 0.3) is 0 Å². The van der Waals surface area contributed by atoms with Crippen molar-refractivity contribution in [2.75, 3.05) is 26.4 Å². The Balaban J connectivity index is 0.000000738. The van der Waals surface area contributed by atoms with E-state index in [0.717, 1.165) is 0 Å². The van der Waals surface area contributed by atoms with Crippen molar-refractivity contribution in [1.29, 1.82) is 0 Å². The molecule has 6 amide bonds. The first kappa shape index (κ1) is 53.6. The van der Waals surface area contributed by atoms with E-state index < -0.39 is 73.4 Å². The molecular weight excluding hydrogens is 1010 g/mol. The minimum atomic E-state index is -0.783. The third-order valence-corrected chi connectivity index (χ3v) is 8.19. The topological polar surface area (TPSA) is 325 Å². The summed E-state index contributed by atoms with van der Waals surface area (Å²) in [6, 6.07) is -0.882. The Labute approximate surface area is 407 Å². The van der Waals surface area contributed by atoms with Crippen LogP contribution in [0.4, 0.5) is 14.4 Å². The van der Waals surface area contributed by atoms with Crippen LogP contribution in [-0.4, -0.2) is 163 Å². The maximum absolute atomic E-state index is 11.7. The molecule has 4 radical (unpaired) electrons. The molecule has 21 nitrogen and oxygen atoms in total. The maximum atomic E-state index is 11.7. The molecule has 6 aliphatic heterocycles. The molecular formula is C28H43N9O12Y4-4. The summed E-state index contributed by atoms with van der Waals surface area (Å²) in [7, 11) is 0. The molecule has 0 bridgehead atoms. The van der Waals surface area contributed by atoms with Crippen molar-refractivity contribution in [2.24, 2.45) is 32.2 Å².